The summed E-state index contributed by atoms with van der Waals surface area (Å²) in [6.45, 7) is 8.67. The number of aromatic nitrogens is 6. The fraction of sp³-hybridized carbons (Fsp3) is 0.483. The second-order valence-corrected chi connectivity index (χ2v) is 11.6. The molecular weight excluding hydrogens is 588 g/mol. The van der Waals surface area contributed by atoms with E-state index in [2.05, 4.69) is 41.6 Å². The number of amides is 1. The molecule has 3 N–H and O–H groups in total. The Morgan fingerprint density at radius 3 is 2.02 bits per heavy atom. The highest BCUT2D eigenvalue weighted by Gasteiger charge is 2.31. The van der Waals surface area contributed by atoms with Crippen LogP contribution in [0.2, 0.25) is 0 Å². The molecule has 6 heterocycles. The lowest BCUT2D eigenvalue weighted by Gasteiger charge is -2.32. The van der Waals surface area contributed by atoms with Gasteiger partial charge in [0.25, 0.3) is 11.8 Å². The minimum atomic E-state index is -0.518. The van der Waals surface area contributed by atoms with Gasteiger partial charge in [0.2, 0.25) is 0 Å². The Hall–Kier alpha value is -4.66. The van der Waals surface area contributed by atoms with Gasteiger partial charge in [-0.15, -0.1) is 12.4 Å². The van der Waals surface area contributed by atoms with Crippen molar-refractivity contribution in [3.8, 4) is 35.3 Å². The number of H-pyrrole nitrogens is 2. The summed E-state index contributed by atoms with van der Waals surface area (Å²) in [7, 11) is 0. The Balaban J connectivity index is 0.000000206. The molecule has 6 rings (SSSR count). The van der Waals surface area contributed by atoms with Crippen LogP contribution in [0, 0.1) is 22.7 Å². The van der Waals surface area contributed by atoms with Gasteiger partial charge in [0.05, 0.1) is 11.1 Å². The Kier molecular flexibility index (Phi) is 10.4. The zero-order valence-electron chi connectivity index (χ0n) is 24.8. The summed E-state index contributed by atoms with van der Waals surface area (Å²) in [5.41, 5.74) is 1.84. The third-order valence-electron chi connectivity index (χ3n) is 7.07. The number of rotatable bonds is 4. The Bertz CT molecular complexity index is 1610. The van der Waals surface area contributed by atoms with Crippen molar-refractivity contribution in [2.45, 2.75) is 63.9 Å². The van der Waals surface area contributed by atoms with Gasteiger partial charge in [-0.25, -0.2) is 4.79 Å². The SMILES string of the molecule is CC(C)(C)OC(=O)N1CCC[C@H](c2noc(-c3cc(C#N)c[nH]3)n2)C1.Cl.N#Cc1c[nH]c(-c2nc([C@H]3CCCNC3)no2)c1. The zero-order valence-corrected chi connectivity index (χ0v) is 25.6. The predicted molar refractivity (Wildman–Crippen MR) is 159 cm³/mol. The first-order valence-electron chi connectivity index (χ1n) is 14.3. The predicted octanol–water partition coefficient (Wildman–Crippen LogP) is 4.88. The van der Waals surface area contributed by atoms with Crippen molar-refractivity contribution in [3.63, 3.8) is 0 Å². The Morgan fingerprint density at radius 2 is 1.52 bits per heavy atom. The molecule has 2 fully saturated rings. The number of piperidine rings is 2. The van der Waals surface area contributed by atoms with E-state index in [1.165, 1.54) is 0 Å². The number of nitrogens with zero attached hydrogens (tertiary/aromatic N) is 7. The molecule has 232 valence electrons. The smallest absolute Gasteiger partial charge is 0.410 e. The van der Waals surface area contributed by atoms with Crippen molar-refractivity contribution in [1.29, 1.82) is 10.5 Å². The lowest BCUT2D eigenvalue weighted by molar-refractivity contribution is 0.0195. The maximum Gasteiger partial charge on any atom is 0.410 e. The molecule has 0 bridgehead atoms. The molecule has 4 aromatic heterocycles. The molecule has 0 aromatic carbocycles. The summed E-state index contributed by atoms with van der Waals surface area (Å²) in [4.78, 5) is 28.7. The largest absolute Gasteiger partial charge is 0.444 e. The highest BCUT2D eigenvalue weighted by Crippen LogP contribution is 2.28. The first kappa shape index (κ1) is 32.3. The number of halogens is 1. The van der Waals surface area contributed by atoms with Crippen LogP contribution < -0.4 is 5.32 Å². The number of hydrogen-bond acceptors (Lipinski definition) is 11. The van der Waals surface area contributed by atoms with Crippen LogP contribution in [0.5, 0.6) is 0 Å². The van der Waals surface area contributed by atoms with Crippen molar-refractivity contribution in [2.24, 2.45) is 0 Å². The lowest BCUT2D eigenvalue weighted by Crippen LogP contribution is -2.42. The van der Waals surface area contributed by atoms with Crippen LogP contribution in [0.15, 0.2) is 33.6 Å². The lowest BCUT2D eigenvalue weighted by atomic mass is 9.98. The molecule has 1 amide bonds. The molecule has 2 aliphatic rings. The van der Waals surface area contributed by atoms with Gasteiger partial charge in [-0.2, -0.15) is 20.5 Å². The van der Waals surface area contributed by atoms with Gasteiger partial charge in [0.1, 0.15) is 29.1 Å². The summed E-state index contributed by atoms with van der Waals surface area (Å²) >= 11 is 0. The summed E-state index contributed by atoms with van der Waals surface area (Å²) in [5, 5.41) is 29.0. The van der Waals surface area contributed by atoms with E-state index in [0.717, 1.165) is 44.6 Å². The van der Waals surface area contributed by atoms with E-state index in [4.69, 9.17) is 24.3 Å². The van der Waals surface area contributed by atoms with Gasteiger partial charge in [-0.3, -0.25) is 0 Å². The number of likely N-dealkylation sites (tertiary alicyclic amines) is 1. The van der Waals surface area contributed by atoms with Crippen LogP contribution >= 0.6 is 12.4 Å². The van der Waals surface area contributed by atoms with E-state index in [0.29, 0.717) is 59.1 Å². The van der Waals surface area contributed by atoms with Crippen LogP contribution in [0.1, 0.15) is 81.1 Å². The topological polar surface area (TPSA) is 199 Å². The molecule has 0 spiro atoms. The number of nitriles is 2. The molecule has 0 saturated carbocycles. The van der Waals surface area contributed by atoms with Gasteiger partial charge in [-0.05, 0) is 65.1 Å². The maximum absolute atomic E-state index is 12.3. The zero-order chi connectivity index (χ0) is 30.4. The number of nitrogens with one attached hydrogen (secondary N) is 3. The van der Waals surface area contributed by atoms with E-state index in [1.807, 2.05) is 26.8 Å². The average molecular weight is 623 g/mol. The van der Waals surface area contributed by atoms with Gasteiger partial charge in [0.15, 0.2) is 11.6 Å². The van der Waals surface area contributed by atoms with E-state index >= 15 is 0 Å². The highest BCUT2D eigenvalue weighted by atomic mass is 35.5. The fourth-order valence-corrected chi connectivity index (χ4v) is 4.94. The molecule has 2 atom stereocenters. The molecule has 0 aliphatic carbocycles. The van der Waals surface area contributed by atoms with Crippen molar-refractivity contribution in [1.82, 2.24) is 40.5 Å². The highest BCUT2D eigenvalue weighted by molar-refractivity contribution is 5.85. The molecule has 4 aromatic rings. The summed E-state index contributed by atoms with van der Waals surface area (Å²) in [6, 6.07) is 7.46. The molecule has 2 aliphatic heterocycles. The minimum Gasteiger partial charge on any atom is -0.444 e. The molecule has 44 heavy (non-hydrogen) atoms. The van der Waals surface area contributed by atoms with Gasteiger partial charge in [0, 0.05) is 43.9 Å². The van der Waals surface area contributed by atoms with Gasteiger partial charge in [-0.1, -0.05) is 10.3 Å². The Morgan fingerprint density at radius 1 is 0.955 bits per heavy atom. The monoisotopic (exact) mass is 622 g/mol. The van der Waals surface area contributed by atoms with Crippen molar-refractivity contribution < 1.29 is 18.6 Å². The summed E-state index contributed by atoms with van der Waals surface area (Å²) in [6.07, 6.45) is 6.85. The maximum atomic E-state index is 12.3. The molecule has 0 radical (unpaired) electrons. The van der Waals surface area contributed by atoms with E-state index < -0.39 is 5.60 Å². The Labute approximate surface area is 260 Å². The first-order valence-corrected chi connectivity index (χ1v) is 14.3. The van der Waals surface area contributed by atoms with E-state index in [9.17, 15) is 4.79 Å². The van der Waals surface area contributed by atoms with Crippen LogP contribution in [-0.2, 0) is 4.74 Å². The number of ether oxygens (including phenoxy) is 1. The van der Waals surface area contributed by atoms with E-state index in [-0.39, 0.29) is 24.4 Å². The van der Waals surface area contributed by atoms with Gasteiger partial charge < -0.3 is 34.0 Å². The number of carbonyl (C=O) groups is 1. The second kappa shape index (κ2) is 14.2. The molecule has 2 saturated heterocycles. The minimum absolute atomic E-state index is 0. The van der Waals surface area contributed by atoms with Crippen LogP contribution in [0.3, 0.4) is 0 Å². The third kappa shape index (κ3) is 8.03. The summed E-state index contributed by atoms with van der Waals surface area (Å²) < 4.78 is 16.0. The molecule has 14 nitrogen and oxygen atoms in total. The van der Waals surface area contributed by atoms with Gasteiger partial charge >= 0.3 is 6.09 Å². The standard InChI is InChI=1S/C17H21N5O3.C12H13N5O.ClH/c1-17(2,3)24-16(23)22-6-4-5-12(10-22)14-20-15(25-21-14)13-7-11(8-18)9-19-13;13-5-8-4-10(15-6-8)12-16-11(17-18-12)9-2-1-3-14-7-9;/h7,9,12,19H,4-6,10H2,1-3H3;4,6,9,14-15H,1-3,7H2;1H/t12-;9-;/m00./s1. The molecular formula is C29H35ClN10O4. The average Bonchev–Trinajstić information content (AvgIpc) is 3.83. The quantitative estimate of drug-likeness (QED) is 0.280. The number of aromatic amines is 2. The summed E-state index contributed by atoms with van der Waals surface area (Å²) in [5.74, 6) is 2.41. The van der Waals surface area contributed by atoms with Crippen LogP contribution in [0.4, 0.5) is 4.79 Å². The first-order chi connectivity index (χ1) is 20.7. The number of hydrogen-bond donors (Lipinski definition) is 3. The van der Waals surface area contributed by atoms with Crippen LogP contribution in [0.25, 0.3) is 23.2 Å². The van der Waals surface area contributed by atoms with Crippen molar-refractivity contribution in [3.05, 3.63) is 47.3 Å². The van der Waals surface area contributed by atoms with Crippen molar-refractivity contribution >= 4 is 18.5 Å². The van der Waals surface area contributed by atoms with E-state index in [1.54, 1.807) is 29.4 Å². The molecule has 0 unspecified atom stereocenters. The second-order valence-electron chi connectivity index (χ2n) is 11.6. The normalized spacial score (nSPS) is 18.2. The van der Waals surface area contributed by atoms with Crippen molar-refractivity contribution in [2.75, 3.05) is 26.2 Å². The number of carbonyl (C=O) groups excluding carboxylic acids is 1. The fourth-order valence-electron chi connectivity index (χ4n) is 4.94. The van der Waals surface area contributed by atoms with Crippen LogP contribution in [-0.4, -0.2) is 73.0 Å². The third-order valence-corrected chi connectivity index (χ3v) is 7.07. The molecule has 15 heteroatoms.